The van der Waals surface area contributed by atoms with E-state index in [2.05, 4.69) is 21.2 Å². The van der Waals surface area contributed by atoms with Gasteiger partial charge in [0, 0.05) is 17.4 Å². The van der Waals surface area contributed by atoms with Gasteiger partial charge in [-0.15, -0.1) is 0 Å². The summed E-state index contributed by atoms with van der Waals surface area (Å²) in [5, 5.41) is 2.46. The number of rotatable bonds is 5. The number of hydrogen-bond donors (Lipinski definition) is 2. The van der Waals surface area contributed by atoms with Gasteiger partial charge in [0.15, 0.2) is 0 Å². The Labute approximate surface area is 121 Å². The van der Waals surface area contributed by atoms with E-state index in [4.69, 9.17) is 5.73 Å². The zero-order valence-electron chi connectivity index (χ0n) is 10.4. The molecule has 0 aliphatic rings. The SMILES string of the molecule is Nc1cc(C(=O)NCCCCC(F)(F)F)c(Br)cc1F. The molecule has 20 heavy (non-hydrogen) atoms. The average molecular weight is 357 g/mol. The number of benzene rings is 1. The zero-order valence-corrected chi connectivity index (χ0v) is 11.9. The van der Waals surface area contributed by atoms with Crippen LogP contribution < -0.4 is 11.1 Å². The van der Waals surface area contributed by atoms with Crippen LogP contribution in [0.15, 0.2) is 16.6 Å². The molecule has 0 saturated heterocycles. The molecule has 1 rings (SSSR count). The van der Waals surface area contributed by atoms with Crippen molar-refractivity contribution in [1.29, 1.82) is 0 Å². The Hall–Kier alpha value is -1.31. The Balaban J connectivity index is 2.46. The lowest BCUT2D eigenvalue weighted by atomic mass is 10.1. The highest BCUT2D eigenvalue weighted by atomic mass is 79.9. The van der Waals surface area contributed by atoms with Gasteiger partial charge in [-0.1, -0.05) is 0 Å². The predicted octanol–water partition coefficient (Wildman–Crippen LogP) is 3.63. The van der Waals surface area contributed by atoms with E-state index in [9.17, 15) is 22.4 Å². The normalized spacial score (nSPS) is 11.4. The van der Waals surface area contributed by atoms with Crippen molar-refractivity contribution in [1.82, 2.24) is 5.32 Å². The van der Waals surface area contributed by atoms with Crippen LogP contribution in [0.3, 0.4) is 0 Å². The fraction of sp³-hybridized carbons (Fsp3) is 0.417. The van der Waals surface area contributed by atoms with Crippen LogP contribution in [-0.2, 0) is 0 Å². The summed E-state index contributed by atoms with van der Waals surface area (Å²) < 4.78 is 49.0. The molecular weight excluding hydrogens is 344 g/mol. The Bertz CT molecular complexity index is 491. The molecule has 1 amide bonds. The van der Waals surface area contributed by atoms with E-state index in [1.54, 1.807) is 0 Å². The molecule has 0 heterocycles. The monoisotopic (exact) mass is 356 g/mol. The first kappa shape index (κ1) is 16.7. The van der Waals surface area contributed by atoms with Crippen LogP contribution in [0.25, 0.3) is 0 Å². The van der Waals surface area contributed by atoms with Crippen molar-refractivity contribution >= 4 is 27.5 Å². The van der Waals surface area contributed by atoms with Gasteiger partial charge in [-0.3, -0.25) is 4.79 Å². The fourth-order valence-electron chi connectivity index (χ4n) is 1.49. The number of carbonyl (C=O) groups is 1. The number of nitrogens with two attached hydrogens (primary N) is 1. The van der Waals surface area contributed by atoms with Gasteiger partial charge in [0.05, 0.1) is 11.3 Å². The largest absolute Gasteiger partial charge is 0.396 e. The van der Waals surface area contributed by atoms with Crippen molar-refractivity contribution in [3.05, 3.63) is 28.0 Å². The molecule has 8 heteroatoms. The number of unbranched alkanes of at least 4 members (excludes halogenated alkanes) is 1. The lowest BCUT2D eigenvalue weighted by Crippen LogP contribution is -2.25. The second kappa shape index (κ2) is 6.92. The third kappa shape index (κ3) is 5.36. The molecule has 1 aromatic rings. The molecule has 0 fully saturated rings. The number of alkyl halides is 3. The molecule has 0 radical (unpaired) electrons. The van der Waals surface area contributed by atoms with E-state index in [0.29, 0.717) is 0 Å². The van der Waals surface area contributed by atoms with Crippen LogP contribution in [0.5, 0.6) is 0 Å². The summed E-state index contributed by atoms with van der Waals surface area (Å²) in [7, 11) is 0. The molecular formula is C12H13BrF4N2O. The minimum absolute atomic E-state index is 0.0590. The maximum atomic E-state index is 13.1. The quantitative estimate of drug-likeness (QED) is 0.480. The second-order valence-electron chi connectivity index (χ2n) is 4.18. The van der Waals surface area contributed by atoms with Crippen molar-refractivity contribution in [3.63, 3.8) is 0 Å². The number of nitrogen functional groups attached to an aromatic ring is 1. The lowest BCUT2D eigenvalue weighted by molar-refractivity contribution is -0.135. The molecule has 3 N–H and O–H groups in total. The van der Waals surface area contributed by atoms with Crippen molar-refractivity contribution in [2.45, 2.75) is 25.4 Å². The van der Waals surface area contributed by atoms with E-state index in [-0.39, 0.29) is 35.1 Å². The fourth-order valence-corrected chi connectivity index (χ4v) is 1.98. The molecule has 112 valence electrons. The van der Waals surface area contributed by atoms with E-state index in [0.717, 1.165) is 6.07 Å². The molecule has 0 aliphatic heterocycles. The minimum atomic E-state index is -4.18. The van der Waals surface area contributed by atoms with Gasteiger partial charge in [0.1, 0.15) is 5.82 Å². The van der Waals surface area contributed by atoms with Crippen LogP contribution in [0.1, 0.15) is 29.6 Å². The summed E-state index contributed by atoms with van der Waals surface area (Å²) in [6, 6.07) is 2.23. The zero-order chi connectivity index (χ0) is 15.3. The Morgan fingerprint density at radius 2 is 1.95 bits per heavy atom. The van der Waals surface area contributed by atoms with Gasteiger partial charge in [-0.2, -0.15) is 13.2 Å². The highest BCUT2D eigenvalue weighted by Gasteiger charge is 2.25. The van der Waals surface area contributed by atoms with E-state index < -0.39 is 24.3 Å². The summed E-state index contributed by atoms with van der Waals surface area (Å²) >= 11 is 3.03. The summed E-state index contributed by atoms with van der Waals surface area (Å²) in [5.41, 5.74) is 5.32. The van der Waals surface area contributed by atoms with Gasteiger partial charge in [0.25, 0.3) is 5.91 Å². The summed E-state index contributed by atoms with van der Waals surface area (Å²) in [6.45, 7) is 0.110. The predicted molar refractivity (Wildman–Crippen MR) is 70.8 cm³/mol. The van der Waals surface area contributed by atoms with Gasteiger partial charge in [-0.25, -0.2) is 4.39 Å². The van der Waals surface area contributed by atoms with Crippen LogP contribution in [0.2, 0.25) is 0 Å². The third-order valence-corrected chi connectivity index (χ3v) is 3.16. The summed E-state index contributed by atoms with van der Waals surface area (Å²) in [5.74, 6) is -1.17. The Morgan fingerprint density at radius 1 is 1.30 bits per heavy atom. The van der Waals surface area contributed by atoms with Gasteiger partial charge >= 0.3 is 6.18 Å². The topological polar surface area (TPSA) is 55.1 Å². The first-order chi connectivity index (χ1) is 9.20. The lowest BCUT2D eigenvalue weighted by Gasteiger charge is -2.09. The average Bonchev–Trinajstić information content (AvgIpc) is 2.31. The molecule has 0 aromatic heterocycles. The van der Waals surface area contributed by atoms with Crippen LogP contribution in [-0.4, -0.2) is 18.6 Å². The van der Waals surface area contributed by atoms with Crippen molar-refractivity contribution in [2.75, 3.05) is 12.3 Å². The molecule has 0 atom stereocenters. The highest BCUT2D eigenvalue weighted by molar-refractivity contribution is 9.10. The highest BCUT2D eigenvalue weighted by Crippen LogP contribution is 2.23. The smallest absolute Gasteiger partial charge is 0.389 e. The van der Waals surface area contributed by atoms with Crippen LogP contribution in [0.4, 0.5) is 23.2 Å². The number of anilines is 1. The van der Waals surface area contributed by atoms with Gasteiger partial charge in [0.2, 0.25) is 0 Å². The molecule has 0 saturated carbocycles. The molecule has 3 nitrogen and oxygen atoms in total. The Morgan fingerprint density at radius 3 is 2.55 bits per heavy atom. The van der Waals surface area contributed by atoms with E-state index in [1.807, 2.05) is 0 Å². The molecule has 0 aliphatic carbocycles. The Kier molecular flexibility index (Phi) is 5.79. The van der Waals surface area contributed by atoms with E-state index in [1.165, 1.54) is 6.07 Å². The number of hydrogen-bond acceptors (Lipinski definition) is 2. The molecule has 1 aromatic carbocycles. The first-order valence-electron chi connectivity index (χ1n) is 5.80. The maximum absolute atomic E-state index is 13.1. The van der Waals surface area contributed by atoms with Crippen molar-refractivity contribution in [2.24, 2.45) is 0 Å². The van der Waals surface area contributed by atoms with Crippen LogP contribution in [0, 0.1) is 5.82 Å². The number of carbonyl (C=O) groups excluding carboxylic acids is 1. The molecule has 0 bridgehead atoms. The molecule has 0 spiro atoms. The van der Waals surface area contributed by atoms with Crippen molar-refractivity contribution in [3.8, 4) is 0 Å². The van der Waals surface area contributed by atoms with Gasteiger partial charge < -0.3 is 11.1 Å². The number of nitrogens with one attached hydrogen (secondary N) is 1. The standard InChI is InChI=1S/C12H13BrF4N2O/c13-8-6-9(14)10(18)5-7(8)11(20)19-4-2-1-3-12(15,16)17/h5-6H,1-4,18H2,(H,19,20). The second-order valence-corrected chi connectivity index (χ2v) is 5.04. The number of halogens is 5. The maximum Gasteiger partial charge on any atom is 0.389 e. The third-order valence-electron chi connectivity index (χ3n) is 2.50. The summed E-state index contributed by atoms with van der Waals surface area (Å²) in [6.07, 6.45) is -4.91. The number of amides is 1. The first-order valence-corrected chi connectivity index (χ1v) is 6.59. The summed E-state index contributed by atoms with van der Waals surface area (Å²) in [4.78, 5) is 11.7. The minimum Gasteiger partial charge on any atom is -0.396 e. The van der Waals surface area contributed by atoms with Crippen molar-refractivity contribution < 1.29 is 22.4 Å². The van der Waals surface area contributed by atoms with Crippen LogP contribution >= 0.6 is 15.9 Å². The van der Waals surface area contributed by atoms with E-state index >= 15 is 0 Å². The molecule has 0 unspecified atom stereocenters. The van der Waals surface area contributed by atoms with Gasteiger partial charge in [-0.05, 0) is 40.9 Å².